The Morgan fingerprint density at radius 3 is 2.62 bits per heavy atom. The van der Waals surface area contributed by atoms with Gasteiger partial charge in [-0.2, -0.15) is 0 Å². The van der Waals surface area contributed by atoms with E-state index in [1.165, 1.54) is 6.08 Å². The highest BCUT2D eigenvalue weighted by Gasteiger charge is 2.02. The van der Waals surface area contributed by atoms with Gasteiger partial charge in [0.15, 0.2) is 5.11 Å². The maximum Gasteiger partial charge on any atom is 0.250 e. The van der Waals surface area contributed by atoms with Crippen LogP contribution in [0.25, 0.3) is 16.8 Å². The van der Waals surface area contributed by atoms with Crippen molar-refractivity contribution in [3.05, 3.63) is 78.5 Å². The molecule has 2 N–H and O–H groups in total. The Morgan fingerprint density at radius 1 is 1.00 bits per heavy atom. The van der Waals surface area contributed by atoms with E-state index in [4.69, 9.17) is 12.2 Å². The minimum absolute atomic E-state index is 0.210. The number of pyridine rings is 1. The first-order valence-electron chi connectivity index (χ1n) is 7.41. The molecule has 0 saturated heterocycles. The smallest absolute Gasteiger partial charge is 0.250 e. The molecule has 0 saturated carbocycles. The summed E-state index contributed by atoms with van der Waals surface area (Å²) in [5, 5.41) is 7.89. The first kappa shape index (κ1) is 15.8. The number of thiocarbonyl (C=S) groups is 1. The fourth-order valence-corrected chi connectivity index (χ4v) is 2.50. The number of rotatable bonds is 3. The number of carbonyl (C=O) groups is 1. The summed E-state index contributed by atoms with van der Waals surface area (Å²) in [4.78, 5) is 16.1. The van der Waals surface area contributed by atoms with Gasteiger partial charge in [0.2, 0.25) is 5.91 Å². The summed E-state index contributed by atoms with van der Waals surface area (Å²) in [7, 11) is 0. The van der Waals surface area contributed by atoms with E-state index in [2.05, 4.69) is 15.6 Å². The highest BCUT2D eigenvalue weighted by Crippen LogP contribution is 2.19. The van der Waals surface area contributed by atoms with Crippen LogP contribution in [0.1, 0.15) is 5.56 Å². The lowest BCUT2D eigenvalue weighted by Crippen LogP contribution is -2.33. The second-order valence-corrected chi connectivity index (χ2v) is 5.47. The molecule has 3 aromatic rings. The highest BCUT2D eigenvalue weighted by molar-refractivity contribution is 7.80. The normalized spacial score (nSPS) is 10.7. The minimum atomic E-state index is -0.295. The lowest BCUT2D eigenvalue weighted by atomic mass is 10.0. The van der Waals surface area contributed by atoms with Gasteiger partial charge in [-0.25, -0.2) is 4.98 Å². The number of aromatic nitrogens is 1. The van der Waals surface area contributed by atoms with Gasteiger partial charge in [0, 0.05) is 12.3 Å². The molecule has 0 spiro atoms. The van der Waals surface area contributed by atoms with Gasteiger partial charge in [0.05, 0.1) is 0 Å². The van der Waals surface area contributed by atoms with E-state index in [-0.39, 0.29) is 11.0 Å². The van der Waals surface area contributed by atoms with Crippen LogP contribution in [0.3, 0.4) is 0 Å². The number of benzene rings is 2. The number of hydrogen-bond donors (Lipinski definition) is 2. The van der Waals surface area contributed by atoms with Gasteiger partial charge in [-0.3, -0.25) is 10.1 Å². The summed E-state index contributed by atoms with van der Waals surface area (Å²) in [5.41, 5.74) is 0.979. The molecular formula is C19H15N3OS. The van der Waals surface area contributed by atoms with Crippen molar-refractivity contribution < 1.29 is 4.79 Å². The summed E-state index contributed by atoms with van der Waals surface area (Å²) in [6.45, 7) is 0. The van der Waals surface area contributed by atoms with Gasteiger partial charge in [-0.15, -0.1) is 0 Å². The predicted molar refractivity (Wildman–Crippen MR) is 102 cm³/mol. The van der Waals surface area contributed by atoms with Gasteiger partial charge in [0.1, 0.15) is 5.82 Å². The van der Waals surface area contributed by atoms with Crippen molar-refractivity contribution >= 4 is 45.9 Å². The standard InChI is InChI=1S/C19H15N3OS/c23-18(22-19(24)21-17-10-3-4-13-20-17)12-11-15-8-5-7-14-6-1-2-9-16(14)15/h1-13H,(H2,20,21,22,23,24). The first-order valence-corrected chi connectivity index (χ1v) is 7.82. The lowest BCUT2D eigenvalue weighted by Gasteiger charge is -2.06. The van der Waals surface area contributed by atoms with Crippen molar-refractivity contribution in [1.29, 1.82) is 0 Å². The van der Waals surface area contributed by atoms with Crippen LogP contribution < -0.4 is 10.6 Å². The predicted octanol–water partition coefficient (Wildman–Crippen LogP) is 3.76. The van der Waals surface area contributed by atoms with Crippen molar-refractivity contribution in [1.82, 2.24) is 10.3 Å². The third-order valence-corrected chi connectivity index (χ3v) is 3.58. The first-order chi connectivity index (χ1) is 11.7. The number of fused-ring (bicyclic) bond motifs is 1. The SMILES string of the molecule is O=C(C=Cc1cccc2ccccc12)NC(=S)Nc1ccccn1. The maximum atomic E-state index is 12.0. The van der Waals surface area contributed by atoms with E-state index in [1.807, 2.05) is 48.5 Å². The molecule has 0 aliphatic heterocycles. The molecule has 0 radical (unpaired) electrons. The van der Waals surface area contributed by atoms with E-state index < -0.39 is 0 Å². The van der Waals surface area contributed by atoms with E-state index >= 15 is 0 Å². The fraction of sp³-hybridized carbons (Fsp3) is 0. The Bertz CT molecular complexity index is 901. The molecule has 24 heavy (non-hydrogen) atoms. The van der Waals surface area contributed by atoms with Gasteiger partial charge < -0.3 is 5.32 Å². The molecule has 5 heteroatoms. The number of carbonyl (C=O) groups excluding carboxylic acids is 1. The number of nitrogens with zero attached hydrogens (tertiary/aromatic N) is 1. The number of nitrogens with one attached hydrogen (secondary N) is 2. The van der Waals surface area contributed by atoms with E-state index in [1.54, 1.807) is 24.4 Å². The second kappa shape index (κ2) is 7.48. The molecule has 0 atom stereocenters. The maximum absolute atomic E-state index is 12.0. The third kappa shape index (κ3) is 4.02. The Kier molecular flexibility index (Phi) is 4.93. The largest absolute Gasteiger partial charge is 0.317 e. The molecular weight excluding hydrogens is 318 g/mol. The van der Waals surface area contributed by atoms with Crippen LogP contribution in [0.15, 0.2) is 72.9 Å². The highest BCUT2D eigenvalue weighted by atomic mass is 32.1. The van der Waals surface area contributed by atoms with Crippen LogP contribution in [0.5, 0.6) is 0 Å². The Balaban J connectivity index is 1.65. The Labute approximate surface area is 145 Å². The quantitative estimate of drug-likeness (QED) is 0.566. The molecule has 0 bridgehead atoms. The summed E-state index contributed by atoms with van der Waals surface area (Å²) in [6, 6.07) is 19.4. The van der Waals surface area contributed by atoms with Gasteiger partial charge >= 0.3 is 0 Å². The lowest BCUT2D eigenvalue weighted by molar-refractivity contribution is -0.115. The molecule has 1 amide bonds. The molecule has 1 heterocycles. The summed E-state index contributed by atoms with van der Waals surface area (Å²) < 4.78 is 0. The number of amides is 1. The van der Waals surface area contributed by atoms with Crippen LogP contribution in [-0.2, 0) is 4.79 Å². The summed E-state index contributed by atoms with van der Waals surface area (Å²) in [6.07, 6.45) is 4.89. The monoisotopic (exact) mass is 333 g/mol. The van der Waals surface area contributed by atoms with Crippen LogP contribution in [0.4, 0.5) is 5.82 Å². The van der Waals surface area contributed by atoms with E-state index in [0.717, 1.165) is 16.3 Å². The zero-order valence-corrected chi connectivity index (χ0v) is 13.6. The topological polar surface area (TPSA) is 54.0 Å². The van der Waals surface area contributed by atoms with Crippen molar-refractivity contribution in [3.63, 3.8) is 0 Å². The van der Waals surface area contributed by atoms with Crippen molar-refractivity contribution in [3.8, 4) is 0 Å². The summed E-state index contributed by atoms with van der Waals surface area (Å²) >= 11 is 5.10. The van der Waals surface area contributed by atoms with Gasteiger partial charge in [-0.1, -0.05) is 48.5 Å². The average molecular weight is 333 g/mol. The molecule has 1 aromatic heterocycles. The molecule has 0 aliphatic carbocycles. The molecule has 4 nitrogen and oxygen atoms in total. The zero-order valence-electron chi connectivity index (χ0n) is 12.8. The Morgan fingerprint density at radius 2 is 1.79 bits per heavy atom. The van der Waals surface area contributed by atoms with Crippen LogP contribution >= 0.6 is 12.2 Å². The van der Waals surface area contributed by atoms with Gasteiger partial charge in [-0.05, 0) is 46.8 Å². The molecule has 2 aromatic carbocycles. The van der Waals surface area contributed by atoms with Crippen LogP contribution in [-0.4, -0.2) is 16.0 Å². The van der Waals surface area contributed by atoms with E-state index in [0.29, 0.717) is 5.82 Å². The van der Waals surface area contributed by atoms with Crippen LogP contribution in [0, 0.1) is 0 Å². The fourth-order valence-electron chi connectivity index (χ4n) is 2.30. The van der Waals surface area contributed by atoms with Crippen molar-refractivity contribution in [2.45, 2.75) is 0 Å². The molecule has 0 unspecified atom stereocenters. The van der Waals surface area contributed by atoms with Crippen LogP contribution in [0.2, 0.25) is 0 Å². The number of anilines is 1. The Hall–Kier alpha value is -3.05. The van der Waals surface area contributed by atoms with E-state index in [9.17, 15) is 4.79 Å². The van der Waals surface area contributed by atoms with Crippen molar-refractivity contribution in [2.75, 3.05) is 5.32 Å². The molecule has 3 rings (SSSR count). The summed E-state index contributed by atoms with van der Waals surface area (Å²) in [5.74, 6) is 0.289. The van der Waals surface area contributed by atoms with Crippen molar-refractivity contribution in [2.24, 2.45) is 0 Å². The second-order valence-electron chi connectivity index (χ2n) is 5.06. The zero-order chi connectivity index (χ0) is 16.8. The number of hydrogen-bond acceptors (Lipinski definition) is 3. The third-order valence-electron chi connectivity index (χ3n) is 3.38. The molecule has 0 aliphatic rings. The molecule has 118 valence electrons. The van der Waals surface area contributed by atoms with Gasteiger partial charge in [0.25, 0.3) is 0 Å². The minimum Gasteiger partial charge on any atom is -0.317 e. The molecule has 0 fully saturated rings. The average Bonchev–Trinajstić information content (AvgIpc) is 2.60.